The lowest BCUT2D eigenvalue weighted by Gasteiger charge is -2.40. The zero-order valence-electron chi connectivity index (χ0n) is 15.2. The van der Waals surface area contributed by atoms with Crippen molar-refractivity contribution in [1.82, 2.24) is 9.88 Å². The number of nitrogens with zero attached hydrogens (tertiary/aromatic N) is 3. The van der Waals surface area contributed by atoms with Crippen molar-refractivity contribution in [2.24, 2.45) is 5.41 Å². The molecule has 1 aromatic rings. The molecule has 3 heterocycles. The molecule has 0 radical (unpaired) electrons. The number of carbonyl (C=O) groups is 1. The number of aliphatic hydroxyl groups excluding tert-OH is 1. The molecule has 2 saturated heterocycles. The van der Waals surface area contributed by atoms with Gasteiger partial charge in [-0.2, -0.15) is 0 Å². The number of piperidine rings is 1. The van der Waals surface area contributed by atoms with Gasteiger partial charge < -0.3 is 14.9 Å². The molecule has 0 aromatic carbocycles. The van der Waals surface area contributed by atoms with Gasteiger partial charge in [0.1, 0.15) is 5.82 Å². The third-order valence-corrected chi connectivity index (χ3v) is 6.59. The summed E-state index contributed by atoms with van der Waals surface area (Å²) in [7, 11) is 0. The van der Waals surface area contributed by atoms with Crippen molar-refractivity contribution in [3.63, 3.8) is 0 Å². The predicted octanol–water partition coefficient (Wildman–Crippen LogP) is 2.51. The summed E-state index contributed by atoms with van der Waals surface area (Å²) < 4.78 is 0. The molecule has 5 nitrogen and oxygen atoms in total. The number of hydrogen-bond donors (Lipinski definition) is 1. The Morgan fingerprint density at radius 1 is 1.08 bits per heavy atom. The number of anilines is 1. The molecule has 1 aliphatic carbocycles. The van der Waals surface area contributed by atoms with Crippen LogP contribution in [0.2, 0.25) is 0 Å². The van der Waals surface area contributed by atoms with Crippen LogP contribution in [0.4, 0.5) is 5.82 Å². The molecular formula is C20H29N3O2. The molecule has 1 N–H and O–H groups in total. The molecule has 3 fully saturated rings. The van der Waals surface area contributed by atoms with Crippen LogP contribution in [0.25, 0.3) is 0 Å². The Bertz CT molecular complexity index is 614. The number of hydrogen-bond acceptors (Lipinski definition) is 4. The van der Waals surface area contributed by atoms with Crippen LogP contribution in [-0.4, -0.2) is 52.7 Å². The highest BCUT2D eigenvalue weighted by molar-refractivity contribution is 5.85. The van der Waals surface area contributed by atoms with E-state index in [9.17, 15) is 9.90 Å². The maximum atomic E-state index is 13.2. The summed E-state index contributed by atoms with van der Waals surface area (Å²) in [6.45, 7) is 4.79. The van der Waals surface area contributed by atoms with Crippen molar-refractivity contribution in [3.05, 3.63) is 23.9 Å². The third kappa shape index (κ3) is 3.14. The van der Waals surface area contributed by atoms with Gasteiger partial charge in [0.2, 0.25) is 5.91 Å². The lowest BCUT2D eigenvalue weighted by molar-refractivity contribution is -0.139. The van der Waals surface area contributed by atoms with E-state index in [-0.39, 0.29) is 11.5 Å². The quantitative estimate of drug-likeness (QED) is 0.896. The summed E-state index contributed by atoms with van der Waals surface area (Å²) in [4.78, 5) is 22.2. The van der Waals surface area contributed by atoms with Crippen molar-refractivity contribution in [2.75, 3.05) is 24.5 Å². The van der Waals surface area contributed by atoms with Crippen molar-refractivity contribution in [2.45, 2.75) is 64.0 Å². The maximum Gasteiger partial charge on any atom is 0.229 e. The zero-order valence-corrected chi connectivity index (χ0v) is 15.2. The van der Waals surface area contributed by atoms with Gasteiger partial charge in [0.05, 0.1) is 11.5 Å². The molecule has 0 bridgehead atoms. The summed E-state index contributed by atoms with van der Waals surface area (Å²) in [6.07, 6.45) is 8.24. The summed E-state index contributed by atoms with van der Waals surface area (Å²) in [5.41, 5.74) is 1.04. The molecule has 3 aliphatic rings. The van der Waals surface area contributed by atoms with Gasteiger partial charge in [0, 0.05) is 31.9 Å². The van der Waals surface area contributed by atoms with E-state index in [4.69, 9.17) is 0 Å². The SMILES string of the molecule is Cc1ccc(N2CCC3(CC2)CCN(C2CCC(O)CC2)C3=O)nc1. The molecular weight excluding hydrogens is 314 g/mol. The largest absolute Gasteiger partial charge is 0.393 e. The molecule has 2 aliphatic heterocycles. The smallest absolute Gasteiger partial charge is 0.229 e. The Morgan fingerprint density at radius 3 is 2.40 bits per heavy atom. The standard InChI is InChI=1S/C20H29N3O2/c1-15-2-7-18(21-14-15)22-11-8-20(9-12-22)10-13-23(19(20)25)16-3-5-17(24)6-4-16/h2,7,14,16-17,24H,3-6,8-13H2,1H3. The van der Waals surface area contributed by atoms with Crippen molar-refractivity contribution in [1.29, 1.82) is 0 Å². The van der Waals surface area contributed by atoms with Gasteiger partial charge in [0.15, 0.2) is 0 Å². The monoisotopic (exact) mass is 343 g/mol. The van der Waals surface area contributed by atoms with Crippen LogP contribution in [0.15, 0.2) is 18.3 Å². The third-order valence-electron chi connectivity index (χ3n) is 6.59. The minimum atomic E-state index is -0.159. The number of amides is 1. The van der Waals surface area contributed by atoms with E-state index in [0.717, 1.165) is 70.4 Å². The van der Waals surface area contributed by atoms with Crippen LogP contribution in [0, 0.1) is 12.3 Å². The molecule has 1 aromatic heterocycles. The minimum Gasteiger partial charge on any atom is -0.393 e. The van der Waals surface area contributed by atoms with Gasteiger partial charge in [-0.25, -0.2) is 4.98 Å². The number of carbonyl (C=O) groups excluding carboxylic acids is 1. The maximum absolute atomic E-state index is 13.2. The first-order valence-electron chi connectivity index (χ1n) is 9.74. The van der Waals surface area contributed by atoms with Crippen LogP contribution in [0.5, 0.6) is 0 Å². The molecule has 1 saturated carbocycles. The van der Waals surface area contributed by atoms with E-state index in [1.165, 1.54) is 5.56 Å². The van der Waals surface area contributed by atoms with E-state index in [1.54, 1.807) is 0 Å². The zero-order chi connectivity index (χ0) is 17.4. The Hall–Kier alpha value is -1.62. The number of pyridine rings is 1. The average molecular weight is 343 g/mol. The van der Waals surface area contributed by atoms with Gasteiger partial charge in [-0.3, -0.25) is 4.79 Å². The van der Waals surface area contributed by atoms with Gasteiger partial charge in [-0.15, -0.1) is 0 Å². The summed E-state index contributed by atoms with van der Waals surface area (Å²) in [5, 5.41) is 9.72. The normalized spacial score (nSPS) is 29.4. The average Bonchev–Trinajstić information content (AvgIpc) is 2.94. The number of rotatable bonds is 2. The molecule has 5 heteroatoms. The lowest BCUT2D eigenvalue weighted by atomic mass is 9.77. The fourth-order valence-corrected chi connectivity index (χ4v) is 4.84. The van der Waals surface area contributed by atoms with Gasteiger partial charge in [0.25, 0.3) is 0 Å². The Balaban J connectivity index is 1.39. The lowest BCUT2D eigenvalue weighted by Crippen LogP contribution is -2.47. The van der Waals surface area contributed by atoms with Crippen molar-refractivity contribution >= 4 is 11.7 Å². The van der Waals surface area contributed by atoms with Crippen LogP contribution in [0.3, 0.4) is 0 Å². The number of likely N-dealkylation sites (tertiary alicyclic amines) is 1. The molecule has 4 rings (SSSR count). The van der Waals surface area contributed by atoms with Crippen molar-refractivity contribution < 1.29 is 9.90 Å². The van der Waals surface area contributed by atoms with Gasteiger partial charge >= 0.3 is 0 Å². The highest BCUT2D eigenvalue weighted by atomic mass is 16.3. The molecule has 1 amide bonds. The first-order valence-corrected chi connectivity index (χ1v) is 9.74. The van der Waals surface area contributed by atoms with Crippen LogP contribution in [0.1, 0.15) is 50.5 Å². The van der Waals surface area contributed by atoms with E-state index < -0.39 is 0 Å². The van der Waals surface area contributed by atoms with Crippen molar-refractivity contribution in [3.8, 4) is 0 Å². The Labute approximate surface area is 150 Å². The Morgan fingerprint density at radius 2 is 1.76 bits per heavy atom. The second kappa shape index (κ2) is 6.60. The van der Waals surface area contributed by atoms with Crippen LogP contribution >= 0.6 is 0 Å². The highest BCUT2D eigenvalue weighted by Gasteiger charge is 2.50. The molecule has 1 spiro atoms. The molecule has 0 atom stereocenters. The first kappa shape index (κ1) is 16.8. The molecule has 0 unspecified atom stereocenters. The number of aromatic nitrogens is 1. The van der Waals surface area contributed by atoms with E-state index in [0.29, 0.717) is 11.9 Å². The highest BCUT2D eigenvalue weighted by Crippen LogP contribution is 2.44. The Kier molecular flexibility index (Phi) is 4.44. The van der Waals surface area contributed by atoms with Crippen LogP contribution < -0.4 is 4.90 Å². The second-order valence-corrected chi connectivity index (χ2v) is 8.17. The predicted molar refractivity (Wildman–Crippen MR) is 97.4 cm³/mol. The molecule has 25 heavy (non-hydrogen) atoms. The molecule has 136 valence electrons. The van der Waals surface area contributed by atoms with Crippen LogP contribution in [-0.2, 0) is 4.79 Å². The number of aliphatic hydroxyl groups is 1. The minimum absolute atomic E-state index is 0.142. The summed E-state index contributed by atoms with van der Waals surface area (Å²) >= 11 is 0. The second-order valence-electron chi connectivity index (χ2n) is 8.17. The van der Waals surface area contributed by atoms with E-state index >= 15 is 0 Å². The van der Waals surface area contributed by atoms with Gasteiger partial charge in [-0.05, 0) is 63.5 Å². The number of aryl methyl sites for hydroxylation is 1. The summed E-state index contributed by atoms with van der Waals surface area (Å²) in [5.74, 6) is 1.41. The topological polar surface area (TPSA) is 56.7 Å². The first-order chi connectivity index (χ1) is 12.1. The van der Waals surface area contributed by atoms with E-state index in [1.807, 2.05) is 6.20 Å². The van der Waals surface area contributed by atoms with E-state index in [2.05, 4.69) is 33.8 Å². The van der Waals surface area contributed by atoms with Gasteiger partial charge in [-0.1, -0.05) is 6.07 Å². The summed E-state index contributed by atoms with van der Waals surface area (Å²) in [6, 6.07) is 4.54. The fraction of sp³-hybridized carbons (Fsp3) is 0.700. The fourth-order valence-electron chi connectivity index (χ4n) is 4.84.